The fourth-order valence-corrected chi connectivity index (χ4v) is 4.61. The van der Waals surface area contributed by atoms with Crippen molar-refractivity contribution in [1.29, 1.82) is 0 Å². The van der Waals surface area contributed by atoms with Crippen LogP contribution >= 0.6 is 11.6 Å². The van der Waals surface area contributed by atoms with E-state index < -0.39 is 10.0 Å². The Bertz CT molecular complexity index is 798. The molecule has 1 fully saturated rings. The minimum absolute atomic E-state index is 0.148. The summed E-state index contributed by atoms with van der Waals surface area (Å²) in [5.41, 5.74) is 1.49. The van der Waals surface area contributed by atoms with Crippen molar-refractivity contribution >= 4 is 27.3 Å². The first kappa shape index (κ1) is 17.3. The molecule has 1 aliphatic rings. The quantitative estimate of drug-likeness (QED) is 0.877. The van der Waals surface area contributed by atoms with Crippen molar-refractivity contribution < 1.29 is 12.9 Å². The molecule has 0 saturated carbocycles. The number of aromatic nitrogens is 1. The highest BCUT2D eigenvalue weighted by Crippen LogP contribution is 2.25. The number of nitrogens with one attached hydrogen (secondary N) is 1. The van der Waals surface area contributed by atoms with Gasteiger partial charge in [-0.15, -0.1) is 0 Å². The molecule has 0 amide bonds. The molecule has 1 unspecified atom stereocenters. The van der Waals surface area contributed by atoms with Crippen LogP contribution in [0.15, 0.2) is 33.7 Å². The zero-order chi connectivity index (χ0) is 17.3. The summed E-state index contributed by atoms with van der Waals surface area (Å²) in [6.07, 6.45) is 0.937. The normalized spacial score (nSPS) is 18.3. The minimum atomic E-state index is -3.60. The van der Waals surface area contributed by atoms with E-state index in [2.05, 4.69) is 14.8 Å². The van der Waals surface area contributed by atoms with Gasteiger partial charge in [0.05, 0.1) is 0 Å². The largest absolute Gasteiger partial charge is 0.371 e. The van der Waals surface area contributed by atoms with Gasteiger partial charge in [0.25, 0.3) is 0 Å². The molecule has 0 bridgehead atoms. The summed E-state index contributed by atoms with van der Waals surface area (Å²) in [5, 5.41) is 4.42. The number of rotatable bonds is 5. The van der Waals surface area contributed by atoms with E-state index >= 15 is 0 Å². The van der Waals surface area contributed by atoms with Gasteiger partial charge in [0, 0.05) is 30.3 Å². The van der Waals surface area contributed by atoms with Crippen LogP contribution in [0.2, 0.25) is 5.02 Å². The lowest BCUT2D eigenvalue weighted by atomic mass is 10.1. The first-order valence-corrected chi connectivity index (χ1v) is 9.66. The Morgan fingerprint density at radius 3 is 2.67 bits per heavy atom. The molecule has 1 aromatic carbocycles. The lowest BCUT2D eigenvalue weighted by Gasteiger charge is -2.19. The van der Waals surface area contributed by atoms with E-state index in [9.17, 15) is 8.42 Å². The number of aryl methyl sites for hydroxylation is 2. The van der Waals surface area contributed by atoms with Crippen LogP contribution in [0.25, 0.3) is 0 Å². The van der Waals surface area contributed by atoms with E-state index in [0.29, 0.717) is 23.0 Å². The topological polar surface area (TPSA) is 75.4 Å². The second-order valence-corrected chi connectivity index (χ2v) is 8.22. The summed E-state index contributed by atoms with van der Waals surface area (Å²) >= 11 is 5.91. The number of halogens is 1. The van der Waals surface area contributed by atoms with Gasteiger partial charge in [0.2, 0.25) is 10.0 Å². The van der Waals surface area contributed by atoms with Gasteiger partial charge in [-0.25, -0.2) is 13.1 Å². The Balaban J connectivity index is 1.61. The van der Waals surface area contributed by atoms with E-state index in [4.69, 9.17) is 16.1 Å². The zero-order valence-corrected chi connectivity index (χ0v) is 15.2. The number of nitrogens with zero attached hydrogens (tertiary/aromatic N) is 2. The molecule has 2 aromatic rings. The van der Waals surface area contributed by atoms with Gasteiger partial charge in [-0.2, -0.15) is 0 Å². The van der Waals surface area contributed by atoms with Gasteiger partial charge >= 0.3 is 0 Å². The van der Waals surface area contributed by atoms with Crippen molar-refractivity contribution in [2.75, 3.05) is 24.5 Å². The van der Waals surface area contributed by atoms with E-state index in [-0.39, 0.29) is 10.8 Å². The molecule has 130 valence electrons. The van der Waals surface area contributed by atoms with Gasteiger partial charge < -0.3 is 9.42 Å². The maximum atomic E-state index is 12.4. The Kier molecular flexibility index (Phi) is 4.85. The average Bonchev–Trinajstić information content (AvgIpc) is 3.13. The Hall–Kier alpha value is -1.57. The van der Waals surface area contributed by atoms with Crippen molar-refractivity contribution in [2.24, 2.45) is 5.92 Å². The molecule has 8 heteroatoms. The van der Waals surface area contributed by atoms with Gasteiger partial charge in [-0.05, 0) is 50.5 Å². The van der Waals surface area contributed by atoms with Crippen LogP contribution in [0, 0.1) is 19.8 Å². The SMILES string of the molecule is Cc1noc(C)c1S(=O)(=O)NCC1CCN(c2ccc(Cl)cc2)C1. The smallest absolute Gasteiger partial charge is 0.245 e. The van der Waals surface area contributed by atoms with Gasteiger partial charge in [0.15, 0.2) is 5.76 Å². The maximum Gasteiger partial charge on any atom is 0.245 e. The van der Waals surface area contributed by atoms with Gasteiger partial charge in [-0.3, -0.25) is 0 Å². The van der Waals surface area contributed by atoms with Crippen LogP contribution in [0.1, 0.15) is 17.9 Å². The van der Waals surface area contributed by atoms with Crippen molar-refractivity contribution in [3.63, 3.8) is 0 Å². The Morgan fingerprint density at radius 2 is 2.04 bits per heavy atom. The third-order valence-electron chi connectivity index (χ3n) is 4.28. The molecular weight excluding hydrogens is 350 g/mol. The zero-order valence-electron chi connectivity index (χ0n) is 13.6. The van der Waals surface area contributed by atoms with Gasteiger partial charge in [-0.1, -0.05) is 16.8 Å². The summed E-state index contributed by atoms with van der Waals surface area (Å²) in [6, 6.07) is 7.70. The minimum Gasteiger partial charge on any atom is -0.371 e. The molecule has 1 saturated heterocycles. The number of benzene rings is 1. The predicted molar refractivity (Wildman–Crippen MR) is 92.9 cm³/mol. The predicted octanol–water partition coefficient (Wildman–Crippen LogP) is 2.75. The van der Waals surface area contributed by atoms with Crippen LogP contribution in [0.4, 0.5) is 5.69 Å². The number of hydrogen-bond donors (Lipinski definition) is 1. The molecule has 3 rings (SSSR count). The molecule has 0 aliphatic carbocycles. The lowest BCUT2D eigenvalue weighted by molar-refractivity contribution is 0.390. The van der Waals surface area contributed by atoms with Crippen molar-refractivity contribution in [2.45, 2.75) is 25.2 Å². The van der Waals surface area contributed by atoms with E-state index in [0.717, 1.165) is 25.2 Å². The highest BCUT2D eigenvalue weighted by Gasteiger charge is 2.28. The monoisotopic (exact) mass is 369 g/mol. The second kappa shape index (κ2) is 6.74. The van der Waals surface area contributed by atoms with Crippen molar-refractivity contribution in [3.05, 3.63) is 40.7 Å². The fourth-order valence-electron chi connectivity index (χ4n) is 3.04. The number of anilines is 1. The van der Waals surface area contributed by atoms with Crippen LogP contribution in [0.5, 0.6) is 0 Å². The van der Waals surface area contributed by atoms with E-state index in [1.165, 1.54) is 0 Å². The summed E-state index contributed by atoms with van der Waals surface area (Å²) in [5.74, 6) is 0.574. The number of sulfonamides is 1. The molecule has 2 heterocycles. The number of hydrogen-bond acceptors (Lipinski definition) is 5. The highest BCUT2D eigenvalue weighted by molar-refractivity contribution is 7.89. The molecular formula is C16H20ClN3O3S. The molecule has 1 aromatic heterocycles. The van der Waals surface area contributed by atoms with Crippen molar-refractivity contribution in [3.8, 4) is 0 Å². The third kappa shape index (κ3) is 3.58. The molecule has 1 N–H and O–H groups in total. The maximum absolute atomic E-state index is 12.4. The van der Waals surface area contributed by atoms with Crippen molar-refractivity contribution in [1.82, 2.24) is 9.88 Å². The molecule has 1 atom stereocenters. The Morgan fingerprint density at radius 1 is 1.33 bits per heavy atom. The van der Waals surface area contributed by atoms with Crippen LogP contribution in [-0.2, 0) is 10.0 Å². The first-order valence-electron chi connectivity index (χ1n) is 7.80. The molecule has 1 aliphatic heterocycles. The van der Waals surface area contributed by atoms with E-state index in [1.807, 2.05) is 24.3 Å². The Labute approximate surface area is 146 Å². The molecule has 0 radical (unpaired) electrons. The van der Waals surface area contributed by atoms with E-state index in [1.54, 1.807) is 13.8 Å². The summed E-state index contributed by atoms with van der Waals surface area (Å²) in [4.78, 5) is 2.39. The second-order valence-electron chi connectivity index (χ2n) is 6.08. The first-order chi connectivity index (χ1) is 11.4. The van der Waals surface area contributed by atoms with Crippen LogP contribution in [0.3, 0.4) is 0 Å². The van der Waals surface area contributed by atoms with Gasteiger partial charge in [0.1, 0.15) is 10.6 Å². The molecule has 0 spiro atoms. The molecule has 24 heavy (non-hydrogen) atoms. The third-order valence-corrected chi connectivity index (χ3v) is 6.20. The fraction of sp³-hybridized carbons (Fsp3) is 0.438. The summed E-state index contributed by atoms with van der Waals surface area (Å²) in [7, 11) is -3.60. The summed E-state index contributed by atoms with van der Waals surface area (Å²) < 4.78 is 32.5. The highest BCUT2D eigenvalue weighted by atomic mass is 35.5. The standard InChI is InChI=1S/C16H20ClN3O3S/c1-11-16(12(2)23-19-11)24(21,22)18-9-13-7-8-20(10-13)15-5-3-14(17)4-6-15/h3-6,13,18H,7-10H2,1-2H3. The summed E-state index contributed by atoms with van der Waals surface area (Å²) in [6.45, 7) is 5.34. The van der Waals surface area contributed by atoms with Crippen LogP contribution in [-0.4, -0.2) is 33.2 Å². The average molecular weight is 370 g/mol. The van der Waals surface area contributed by atoms with Crippen LogP contribution < -0.4 is 9.62 Å². The molecule has 6 nitrogen and oxygen atoms in total. The lowest BCUT2D eigenvalue weighted by Crippen LogP contribution is -2.31.